The van der Waals surface area contributed by atoms with Crippen LogP contribution in [0.4, 0.5) is 5.69 Å². The lowest BCUT2D eigenvalue weighted by Crippen LogP contribution is -2.20. The molecule has 2 rings (SSSR count). The van der Waals surface area contributed by atoms with Gasteiger partial charge in [-0.05, 0) is 38.8 Å². The number of aryl methyl sites for hydroxylation is 1. The molecule has 2 heteroatoms. The lowest BCUT2D eigenvalue weighted by atomic mass is 10.1. The molecule has 1 fully saturated rings. The highest BCUT2D eigenvalue weighted by atomic mass is 16.1. The highest BCUT2D eigenvalue weighted by molar-refractivity contribution is 6.00. The summed E-state index contributed by atoms with van der Waals surface area (Å²) in [7, 11) is 0. The van der Waals surface area contributed by atoms with E-state index in [1.54, 1.807) is 6.92 Å². The van der Waals surface area contributed by atoms with Gasteiger partial charge in [-0.3, -0.25) is 4.79 Å². The van der Waals surface area contributed by atoms with Gasteiger partial charge in [-0.25, -0.2) is 0 Å². The van der Waals surface area contributed by atoms with Gasteiger partial charge < -0.3 is 4.90 Å². The number of carbonyl (C=O) groups is 1. The van der Waals surface area contributed by atoms with Gasteiger partial charge in [-0.15, -0.1) is 0 Å². The molecule has 0 aromatic heterocycles. The van der Waals surface area contributed by atoms with Crippen molar-refractivity contribution in [2.75, 3.05) is 18.0 Å². The Kier molecular flexibility index (Phi) is 2.76. The minimum absolute atomic E-state index is 0.167. The molecule has 0 atom stereocenters. The molecule has 1 heterocycles. The van der Waals surface area contributed by atoms with Gasteiger partial charge in [0.2, 0.25) is 0 Å². The van der Waals surface area contributed by atoms with Crippen LogP contribution >= 0.6 is 0 Å². The third-order valence-corrected chi connectivity index (χ3v) is 2.98. The van der Waals surface area contributed by atoms with E-state index in [1.165, 1.54) is 12.8 Å². The van der Waals surface area contributed by atoms with Crippen LogP contribution in [0.1, 0.15) is 35.7 Å². The first-order valence-corrected chi connectivity index (χ1v) is 5.55. The quantitative estimate of drug-likeness (QED) is 0.689. The Morgan fingerprint density at radius 3 is 2.53 bits per heavy atom. The average Bonchev–Trinajstić information content (AvgIpc) is 2.70. The summed E-state index contributed by atoms with van der Waals surface area (Å²) in [5.41, 5.74) is 3.14. The monoisotopic (exact) mass is 203 g/mol. The van der Waals surface area contributed by atoms with Crippen molar-refractivity contribution < 1.29 is 4.79 Å². The summed E-state index contributed by atoms with van der Waals surface area (Å²) in [6.45, 7) is 5.85. The number of Topliss-reactive ketones (excluding diaryl/α,β-unsaturated/α-hetero) is 1. The van der Waals surface area contributed by atoms with Crippen molar-refractivity contribution in [3.63, 3.8) is 0 Å². The number of nitrogens with zero attached hydrogens (tertiary/aromatic N) is 1. The molecule has 0 spiro atoms. The zero-order chi connectivity index (χ0) is 10.8. The molecule has 1 saturated heterocycles. The maximum Gasteiger partial charge on any atom is 0.161 e. The highest BCUT2D eigenvalue weighted by Gasteiger charge is 2.17. The Bertz CT molecular complexity index is 378. The number of anilines is 1. The molecule has 0 amide bonds. The second-order valence-corrected chi connectivity index (χ2v) is 4.27. The van der Waals surface area contributed by atoms with Crippen LogP contribution in [-0.4, -0.2) is 18.9 Å². The summed E-state index contributed by atoms with van der Waals surface area (Å²) in [4.78, 5) is 13.9. The van der Waals surface area contributed by atoms with Crippen LogP contribution in [0.25, 0.3) is 0 Å². The van der Waals surface area contributed by atoms with Crippen molar-refractivity contribution in [2.45, 2.75) is 26.7 Å². The fraction of sp³-hybridized carbons (Fsp3) is 0.462. The van der Waals surface area contributed by atoms with E-state index < -0.39 is 0 Å². The maximum absolute atomic E-state index is 11.5. The van der Waals surface area contributed by atoms with E-state index in [4.69, 9.17) is 0 Å². The van der Waals surface area contributed by atoms with Crippen molar-refractivity contribution in [1.29, 1.82) is 0 Å². The number of carbonyl (C=O) groups excluding carboxylic acids is 1. The second kappa shape index (κ2) is 4.05. The lowest BCUT2D eigenvalue weighted by molar-refractivity contribution is 0.101. The topological polar surface area (TPSA) is 20.3 Å². The van der Waals surface area contributed by atoms with E-state index in [1.807, 2.05) is 13.0 Å². The molecular weight excluding hydrogens is 186 g/mol. The van der Waals surface area contributed by atoms with Crippen LogP contribution in [0.3, 0.4) is 0 Å². The van der Waals surface area contributed by atoms with Crippen LogP contribution in [-0.2, 0) is 0 Å². The molecule has 2 nitrogen and oxygen atoms in total. The molecule has 0 unspecified atom stereocenters. The Labute approximate surface area is 90.9 Å². The molecule has 1 aliphatic heterocycles. The molecule has 1 aromatic rings. The first-order valence-electron chi connectivity index (χ1n) is 5.55. The summed E-state index contributed by atoms with van der Waals surface area (Å²) in [5.74, 6) is 0.167. The second-order valence-electron chi connectivity index (χ2n) is 4.27. The maximum atomic E-state index is 11.5. The van der Waals surface area contributed by atoms with Crippen molar-refractivity contribution >= 4 is 11.5 Å². The predicted octanol–water partition coefficient (Wildman–Crippen LogP) is 2.80. The number of hydrogen-bond acceptors (Lipinski definition) is 2. The van der Waals surface area contributed by atoms with Crippen molar-refractivity contribution in [3.05, 3.63) is 29.3 Å². The molecule has 80 valence electrons. The van der Waals surface area contributed by atoms with Gasteiger partial charge in [-0.2, -0.15) is 0 Å². The average molecular weight is 203 g/mol. The van der Waals surface area contributed by atoms with E-state index in [9.17, 15) is 4.79 Å². The van der Waals surface area contributed by atoms with Crippen LogP contribution < -0.4 is 4.90 Å². The summed E-state index contributed by atoms with van der Waals surface area (Å²) >= 11 is 0. The van der Waals surface area contributed by atoms with E-state index in [2.05, 4.69) is 17.0 Å². The molecular formula is C13H17NO. The first kappa shape index (κ1) is 10.2. The summed E-state index contributed by atoms with van der Waals surface area (Å²) in [6.07, 6.45) is 2.48. The molecule has 0 aliphatic carbocycles. The minimum Gasteiger partial charge on any atom is -0.371 e. The number of benzene rings is 1. The molecule has 1 aliphatic rings. The van der Waals surface area contributed by atoms with E-state index >= 15 is 0 Å². The molecule has 0 radical (unpaired) electrons. The zero-order valence-electron chi connectivity index (χ0n) is 9.42. The van der Waals surface area contributed by atoms with Gasteiger partial charge in [0.25, 0.3) is 0 Å². The van der Waals surface area contributed by atoms with Crippen LogP contribution in [0, 0.1) is 6.92 Å². The molecule has 0 N–H and O–H groups in total. The van der Waals surface area contributed by atoms with Gasteiger partial charge in [-0.1, -0.05) is 11.6 Å². The van der Waals surface area contributed by atoms with E-state index in [0.29, 0.717) is 0 Å². The Hall–Kier alpha value is -1.31. The minimum atomic E-state index is 0.167. The third kappa shape index (κ3) is 2.04. The van der Waals surface area contributed by atoms with E-state index in [-0.39, 0.29) is 5.78 Å². The van der Waals surface area contributed by atoms with Gasteiger partial charge >= 0.3 is 0 Å². The molecule has 0 saturated carbocycles. The van der Waals surface area contributed by atoms with Crippen molar-refractivity contribution in [2.24, 2.45) is 0 Å². The standard InChI is InChI=1S/C13H17NO/c1-10-5-6-13(12(9-10)11(2)15)14-7-3-4-8-14/h5-6,9H,3-4,7-8H2,1-2H3. The molecule has 1 aromatic carbocycles. The number of rotatable bonds is 2. The first-order chi connectivity index (χ1) is 7.18. The lowest BCUT2D eigenvalue weighted by Gasteiger charge is -2.20. The van der Waals surface area contributed by atoms with Crippen LogP contribution in [0.2, 0.25) is 0 Å². The van der Waals surface area contributed by atoms with Crippen molar-refractivity contribution in [1.82, 2.24) is 0 Å². The predicted molar refractivity (Wildman–Crippen MR) is 62.6 cm³/mol. The fourth-order valence-electron chi connectivity index (χ4n) is 2.17. The van der Waals surface area contributed by atoms with Crippen molar-refractivity contribution in [3.8, 4) is 0 Å². The normalized spacial score (nSPS) is 15.7. The number of hydrogen-bond donors (Lipinski definition) is 0. The SMILES string of the molecule is CC(=O)c1cc(C)ccc1N1CCCC1. The Morgan fingerprint density at radius 1 is 1.27 bits per heavy atom. The Morgan fingerprint density at radius 2 is 1.93 bits per heavy atom. The highest BCUT2D eigenvalue weighted by Crippen LogP contribution is 2.25. The third-order valence-electron chi connectivity index (χ3n) is 2.98. The van der Waals surface area contributed by atoms with Gasteiger partial charge in [0.15, 0.2) is 5.78 Å². The molecule has 15 heavy (non-hydrogen) atoms. The van der Waals surface area contributed by atoms with E-state index in [0.717, 1.165) is 29.9 Å². The smallest absolute Gasteiger partial charge is 0.161 e. The number of ketones is 1. The Balaban J connectivity index is 2.40. The summed E-state index contributed by atoms with van der Waals surface area (Å²) < 4.78 is 0. The van der Waals surface area contributed by atoms with Gasteiger partial charge in [0, 0.05) is 24.3 Å². The van der Waals surface area contributed by atoms with Crippen LogP contribution in [0.5, 0.6) is 0 Å². The zero-order valence-corrected chi connectivity index (χ0v) is 9.42. The van der Waals surface area contributed by atoms with Gasteiger partial charge in [0.1, 0.15) is 0 Å². The summed E-state index contributed by atoms with van der Waals surface area (Å²) in [6, 6.07) is 6.16. The fourth-order valence-corrected chi connectivity index (χ4v) is 2.17. The van der Waals surface area contributed by atoms with Gasteiger partial charge in [0.05, 0.1) is 0 Å². The summed E-state index contributed by atoms with van der Waals surface area (Å²) in [5, 5.41) is 0. The molecule has 0 bridgehead atoms. The largest absolute Gasteiger partial charge is 0.371 e. The van der Waals surface area contributed by atoms with Crippen LogP contribution in [0.15, 0.2) is 18.2 Å².